The average molecular weight is 232 g/mol. The quantitative estimate of drug-likeness (QED) is 0.814. The molecule has 1 aliphatic heterocycles. The van der Waals surface area contributed by atoms with Crippen LogP contribution in [0.2, 0.25) is 0 Å². The zero-order valence-corrected chi connectivity index (χ0v) is 9.89. The first kappa shape index (κ1) is 10.5. The molecule has 1 aliphatic rings. The van der Waals surface area contributed by atoms with Gasteiger partial charge in [-0.15, -0.1) is 0 Å². The van der Waals surface area contributed by atoms with E-state index < -0.39 is 0 Å². The summed E-state index contributed by atoms with van der Waals surface area (Å²) in [5.41, 5.74) is 8.68. The van der Waals surface area contributed by atoms with E-state index in [-0.39, 0.29) is 6.10 Å². The lowest BCUT2D eigenvalue weighted by atomic mass is 10.0. The highest BCUT2D eigenvalue weighted by Gasteiger charge is 2.22. The Balaban J connectivity index is 2.15. The molecule has 0 bridgehead atoms. The van der Waals surface area contributed by atoms with Gasteiger partial charge in [0.05, 0.1) is 23.1 Å². The molecule has 0 aromatic carbocycles. The van der Waals surface area contributed by atoms with Gasteiger partial charge in [0.1, 0.15) is 11.9 Å². The van der Waals surface area contributed by atoms with E-state index in [1.165, 1.54) is 6.42 Å². The number of imidazole rings is 1. The highest BCUT2D eigenvalue weighted by molar-refractivity contribution is 5.80. The van der Waals surface area contributed by atoms with Crippen LogP contribution >= 0.6 is 0 Å². The minimum atomic E-state index is 0.0603. The number of pyridine rings is 1. The second-order valence-corrected chi connectivity index (χ2v) is 4.51. The molecule has 5 nitrogen and oxygen atoms in total. The van der Waals surface area contributed by atoms with Gasteiger partial charge >= 0.3 is 0 Å². The minimum Gasteiger partial charge on any atom is -0.384 e. The predicted octanol–water partition coefficient (Wildman–Crippen LogP) is 1.79. The number of fused-ring (bicyclic) bond motifs is 1. The van der Waals surface area contributed by atoms with Crippen LogP contribution in [0.4, 0.5) is 5.82 Å². The number of hydrogen-bond acceptors (Lipinski definition) is 4. The molecule has 1 unspecified atom stereocenters. The lowest BCUT2D eigenvalue weighted by Gasteiger charge is -2.23. The lowest BCUT2D eigenvalue weighted by molar-refractivity contribution is 0.0132. The highest BCUT2D eigenvalue weighted by atomic mass is 16.5. The third-order valence-electron chi connectivity index (χ3n) is 3.23. The largest absolute Gasteiger partial charge is 0.384 e. The molecule has 3 rings (SSSR count). The third kappa shape index (κ3) is 1.76. The van der Waals surface area contributed by atoms with E-state index in [0.29, 0.717) is 5.82 Å². The average Bonchev–Trinajstić information content (AvgIpc) is 2.71. The minimum absolute atomic E-state index is 0.0603. The van der Waals surface area contributed by atoms with Gasteiger partial charge in [0.2, 0.25) is 0 Å². The first-order valence-corrected chi connectivity index (χ1v) is 5.95. The van der Waals surface area contributed by atoms with Gasteiger partial charge in [0.25, 0.3) is 0 Å². The molecule has 0 amide bonds. The Morgan fingerprint density at radius 3 is 3.12 bits per heavy atom. The van der Waals surface area contributed by atoms with Crippen LogP contribution in [0.1, 0.15) is 31.1 Å². The van der Waals surface area contributed by atoms with Gasteiger partial charge in [-0.25, -0.2) is 9.97 Å². The topological polar surface area (TPSA) is 66.0 Å². The van der Waals surface area contributed by atoms with E-state index in [2.05, 4.69) is 9.97 Å². The number of nitrogen functional groups attached to an aromatic ring is 1. The normalized spacial score (nSPS) is 20.9. The fraction of sp³-hybridized carbons (Fsp3) is 0.500. The monoisotopic (exact) mass is 232 g/mol. The standard InChI is InChI=1S/C12H16N4O/c1-16-7-14-8-6-10(13)15-11(12(8)16)9-4-2-3-5-17-9/h6-7,9H,2-5H2,1H3,(H2,13,15). The van der Waals surface area contributed by atoms with Crippen molar-refractivity contribution in [3.05, 3.63) is 18.1 Å². The van der Waals surface area contributed by atoms with E-state index >= 15 is 0 Å². The van der Waals surface area contributed by atoms with Crippen molar-refractivity contribution in [2.75, 3.05) is 12.3 Å². The van der Waals surface area contributed by atoms with E-state index in [4.69, 9.17) is 10.5 Å². The molecule has 2 N–H and O–H groups in total. The highest BCUT2D eigenvalue weighted by Crippen LogP contribution is 2.31. The fourth-order valence-corrected chi connectivity index (χ4v) is 2.41. The fourth-order valence-electron chi connectivity index (χ4n) is 2.41. The van der Waals surface area contributed by atoms with Crippen molar-refractivity contribution in [2.45, 2.75) is 25.4 Å². The summed E-state index contributed by atoms with van der Waals surface area (Å²) in [7, 11) is 1.97. The van der Waals surface area contributed by atoms with Gasteiger partial charge in [-0.3, -0.25) is 0 Å². The summed E-state index contributed by atoms with van der Waals surface area (Å²) in [5.74, 6) is 0.514. The molecule has 1 atom stereocenters. The molecule has 0 spiro atoms. The van der Waals surface area contributed by atoms with Crippen molar-refractivity contribution in [2.24, 2.45) is 7.05 Å². The first-order valence-electron chi connectivity index (χ1n) is 5.95. The molecule has 1 fully saturated rings. The number of aromatic nitrogens is 3. The molecule has 1 saturated heterocycles. The van der Waals surface area contributed by atoms with E-state index in [1.54, 1.807) is 6.33 Å². The molecule has 2 aromatic rings. The molecule has 3 heterocycles. The first-order chi connectivity index (χ1) is 8.25. The van der Waals surface area contributed by atoms with Crippen molar-refractivity contribution in [1.29, 1.82) is 0 Å². The number of aryl methyl sites for hydroxylation is 1. The molecular weight excluding hydrogens is 216 g/mol. The summed E-state index contributed by atoms with van der Waals surface area (Å²) < 4.78 is 7.77. The zero-order chi connectivity index (χ0) is 11.8. The van der Waals surface area contributed by atoms with Crippen LogP contribution in [0.15, 0.2) is 12.4 Å². The summed E-state index contributed by atoms with van der Waals surface area (Å²) in [6, 6.07) is 1.81. The molecule has 0 radical (unpaired) electrons. The van der Waals surface area contributed by atoms with Crippen LogP contribution in [0.25, 0.3) is 11.0 Å². The van der Waals surface area contributed by atoms with Crippen molar-refractivity contribution in [1.82, 2.24) is 14.5 Å². The molecule has 17 heavy (non-hydrogen) atoms. The molecule has 0 aliphatic carbocycles. The SMILES string of the molecule is Cn1cnc2cc(N)nc(C3CCCCO3)c21. The summed E-state index contributed by atoms with van der Waals surface area (Å²) in [6.07, 6.45) is 5.17. The van der Waals surface area contributed by atoms with Crippen molar-refractivity contribution in [3.63, 3.8) is 0 Å². The number of ether oxygens (including phenoxy) is 1. The maximum absolute atomic E-state index is 5.82. The van der Waals surface area contributed by atoms with Crippen molar-refractivity contribution in [3.8, 4) is 0 Å². The zero-order valence-electron chi connectivity index (χ0n) is 9.89. The Labute approximate surface area is 99.6 Å². The maximum atomic E-state index is 5.82. The third-order valence-corrected chi connectivity index (χ3v) is 3.23. The number of nitrogens with zero attached hydrogens (tertiary/aromatic N) is 3. The van der Waals surface area contributed by atoms with Crippen LogP contribution in [-0.2, 0) is 11.8 Å². The summed E-state index contributed by atoms with van der Waals surface area (Å²) in [6.45, 7) is 0.806. The molecule has 0 saturated carbocycles. The van der Waals surface area contributed by atoms with Crippen molar-refractivity contribution < 1.29 is 4.74 Å². The van der Waals surface area contributed by atoms with E-state index in [0.717, 1.165) is 36.2 Å². The number of nitrogens with two attached hydrogens (primary N) is 1. The Bertz CT molecular complexity index is 543. The van der Waals surface area contributed by atoms with Gasteiger partial charge in [-0.2, -0.15) is 0 Å². The van der Waals surface area contributed by atoms with Gasteiger partial charge in [0.15, 0.2) is 0 Å². The van der Waals surface area contributed by atoms with Gasteiger partial charge in [-0.05, 0) is 19.3 Å². The summed E-state index contributed by atoms with van der Waals surface area (Å²) in [5, 5.41) is 0. The smallest absolute Gasteiger partial charge is 0.126 e. The van der Waals surface area contributed by atoms with Gasteiger partial charge in [-0.1, -0.05) is 0 Å². The number of rotatable bonds is 1. The maximum Gasteiger partial charge on any atom is 0.126 e. The Hall–Kier alpha value is -1.62. The van der Waals surface area contributed by atoms with Crippen LogP contribution < -0.4 is 5.73 Å². The Kier molecular flexibility index (Phi) is 2.48. The van der Waals surface area contributed by atoms with Crippen LogP contribution in [0.3, 0.4) is 0 Å². The number of anilines is 1. The second-order valence-electron chi connectivity index (χ2n) is 4.51. The lowest BCUT2D eigenvalue weighted by Crippen LogP contribution is -2.14. The Morgan fingerprint density at radius 2 is 2.35 bits per heavy atom. The Morgan fingerprint density at radius 1 is 1.47 bits per heavy atom. The van der Waals surface area contributed by atoms with Gasteiger partial charge < -0.3 is 15.0 Å². The molecule has 5 heteroatoms. The molecule has 90 valence electrons. The summed E-state index contributed by atoms with van der Waals surface area (Å²) >= 11 is 0. The van der Waals surface area contributed by atoms with E-state index in [1.807, 2.05) is 17.7 Å². The summed E-state index contributed by atoms with van der Waals surface area (Å²) in [4.78, 5) is 8.77. The predicted molar refractivity (Wildman–Crippen MR) is 65.5 cm³/mol. The number of hydrogen-bond donors (Lipinski definition) is 1. The van der Waals surface area contributed by atoms with Crippen LogP contribution in [0.5, 0.6) is 0 Å². The van der Waals surface area contributed by atoms with Gasteiger partial charge in [0, 0.05) is 19.7 Å². The van der Waals surface area contributed by atoms with Crippen molar-refractivity contribution >= 4 is 16.9 Å². The molecule has 2 aromatic heterocycles. The molecular formula is C12H16N4O. The van der Waals surface area contributed by atoms with Crippen LogP contribution in [0, 0.1) is 0 Å². The van der Waals surface area contributed by atoms with Crippen LogP contribution in [-0.4, -0.2) is 21.1 Å². The second kappa shape index (κ2) is 4.00. The van der Waals surface area contributed by atoms with E-state index in [9.17, 15) is 0 Å².